The summed E-state index contributed by atoms with van der Waals surface area (Å²) >= 11 is 4.43. The quantitative estimate of drug-likeness (QED) is 0.165. The van der Waals surface area contributed by atoms with Crippen LogP contribution >= 0.6 is 44.6 Å². The van der Waals surface area contributed by atoms with Crippen LogP contribution in [0.3, 0.4) is 0 Å². The van der Waals surface area contributed by atoms with Crippen molar-refractivity contribution in [2.75, 3.05) is 0 Å². The minimum atomic E-state index is -10.6. The van der Waals surface area contributed by atoms with E-state index in [4.69, 9.17) is 0 Å². The lowest BCUT2D eigenvalue weighted by Crippen LogP contribution is -2.16. The Kier molecular flexibility index (Phi) is 6.60. The minimum Gasteiger partial charge on any atom is -0.172 e. The molecule has 0 N–H and O–H groups in total. The first-order valence-electron chi connectivity index (χ1n) is 13.0. The van der Waals surface area contributed by atoms with Crippen molar-refractivity contribution in [2.45, 2.75) is 24.9 Å². The average molecular weight is 733 g/mol. The molecule has 0 aliphatic carbocycles. The zero-order chi connectivity index (χ0) is 32.9. The first kappa shape index (κ1) is 31.1. The monoisotopic (exact) mass is 732 g/mol. The summed E-state index contributed by atoms with van der Waals surface area (Å²) in [5.74, 6) is 0. The third-order valence-electron chi connectivity index (χ3n) is 7.41. The molecule has 0 saturated heterocycles. The highest BCUT2D eigenvalue weighted by Crippen LogP contribution is 3.02. The smallest absolute Gasteiger partial charge is 0.172 e. The van der Waals surface area contributed by atoms with Crippen LogP contribution in [0.25, 0.3) is 52.8 Å². The zero-order valence-corrected chi connectivity index (χ0v) is 27.2. The molecule has 0 atom stereocenters. The van der Waals surface area contributed by atoms with Crippen molar-refractivity contribution in [3.63, 3.8) is 0 Å². The van der Waals surface area contributed by atoms with E-state index in [1.165, 1.54) is 11.6 Å². The normalized spacial score (nSPS) is 14.7. The Morgan fingerprint density at radius 3 is 1.61 bits per heavy atom. The number of fused-ring (bicyclic) bond motifs is 2. The maximum absolute atomic E-state index is 13.6. The number of alkyl halides is 3. The fourth-order valence-corrected chi connectivity index (χ4v) is 9.25. The summed E-state index contributed by atoms with van der Waals surface area (Å²) < 4.78 is 126. The van der Waals surface area contributed by atoms with E-state index in [0.717, 1.165) is 60.9 Å². The molecular weight excluding hydrogens is 717 g/mol. The summed E-state index contributed by atoms with van der Waals surface area (Å²) in [6.07, 6.45) is -5.67. The molecule has 4 heterocycles. The molecule has 0 unspecified atom stereocenters. The summed E-state index contributed by atoms with van der Waals surface area (Å²) in [6.45, 7) is 4.09. The molecule has 0 spiro atoms. The largest absolute Gasteiger partial charge is 0.417 e. The van der Waals surface area contributed by atoms with Crippen molar-refractivity contribution in [1.29, 1.82) is 0 Å². The number of halogens is 8. The van der Waals surface area contributed by atoms with Gasteiger partial charge in [-0.2, -0.15) is 30.6 Å². The van der Waals surface area contributed by atoms with Gasteiger partial charge in [0, 0.05) is 30.6 Å². The second-order valence-corrected chi connectivity index (χ2v) is 16.1. The van der Waals surface area contributed by atoms with Gasteiger partial charge in [0.15, 0.2) is 0 Å². The van der Waals surface area contributed by atoms with Gasteiger partial charge in [-0.1, -0.05) is 43.7 Å². The van der Waals surface area contributed by atoms with Crippen molar-refractivity contribution in [3.05, 3.63) is 77.4 Å². The number of hydrogen-bond acceptors (Lipinski definition) is 7. The standard InChI is InChI=1S/C29H16F8N4S5/c1-13-3-4-15(11-14(13)2)18-6-8-20(42-18)23-25-27(40-44-38-25)24(28-26(23)39-45-41-28)21-9-7-19(43-21)16-5-10-22(46(33,34,35,36)37)17(12-16)29(30,31)32/h3-12H,1-2H3. The Hall–Kier alpha value is -3.51. The van der Waals surface area contributed by atoms with Crippen molar-refractivity contribution < 1.29 is 32.6 Å². The average Bonchev–Trinajstić information content (AvgIpc) is 3.78. The topological polar surface area (TPSA) is 50.5 Å². The first-order valence-corrected chi connectivity index (χ1v) is 18.1. The summed E-state index contributed by atoms with van der Waals surface area (Å²) in [7, 11) is -10.6. The highest BCUT2D eigenvalue weighted by atomic mass is 32.5. The Labute approximate surface area is 271 Å². The second kappa shape index (κ2) is 9.76. The summed E-state index contributed by atoms with van der Waals surface area (Å²) in [5.41, 5.74) is 3.93. The van der Waals surface area contributed by atoms with Gasteiger partial charge in [-0.15, -0.1) is 22.7 Å². The van der Waals surface area contributed by atoms with Crippen LogP contribution in [0.2, 0.25) is 0 Å². The van der Waals surface area contributed by atoms with Gasteiger partial charge in [0.25, 0.3) is 0 Å². The lowest BCUT2D eigenvalue weighted by Gasteiger charge is -2.42. The van der Waals surface area contributed by atoms with Crippen LogP contribution in [0.15, 0.2) is 74.3 Å². The highest BCUT2D eigenvalue weighted by Gasteiger charge is 2.68. The molecule has 4 nitrogen and oxygen atoms in total. The zero-order valence-electron chi connectivity index (χ0n) is 23.1. The molecule has 0 fully saturated rings. The Morgan fingerprint density at radius 1 is 0.609 bits per heavy atom. The number of thiophene rings is 2. The fraction of sp³-hybridized carbons (Fsp3) is 0.103. The SMILES string of the molecule is Cc1ccc(-c2ccc(-c3c4c(c(-c5ccc(-c6ccc(S(F)(F)(F)(F)F)c(C(F)(F)F)c6)s5)c5nsnc35)N=S=N4)s2)cc1C. The number of aryl methyl sites for hydroxylation is 2. The number of aromatic nitrogens is 2. The van der Waals surface area contributed by atoms with Crippen molar-refractivity contribution in [2.24, 2.45) is 8.73 Å². The van der Waals surface area contributed by atoms with E-state index >= 15 is 0 Å². The van der Waals surface area contributed by atoms with Crippen molar-refractivity contribution in [1.82, 2.24) is 8.75 Å². The van der Waals surface area contributed by atoms with E-state index in [0.29, 0.717) is 38.9 Å². The third kappa shape index (κ3) is 5.36. The molecule has 7 rings (SSSR count). The van der Waals surface area contributed by atoms with Gasteiger partial charge in [0.05, 0.1) is 28.6 Å². The van der Waals surface area contributed by atoms with Crippen LogP contribution < -0.4 is 0 Å². The molecule has 46 heavy (non-hydrogen) atoms. The van der Waals surface area contributed by atoms with Crippen LogP contribution in [-0.2, 0) is 17.5 Å². The van der Waals surface area contributed by atoms with Gasteiger partial charge >= 0.3 is 16.4 Å². The highest BCUT2D eigenvalue weighted by molar-refractivity contribution is 8.45. The Bertz CT molecular complexity index is 2310. The molecule has 0 radical (unpaired) electrons. The summed E-state index contributed by atoms with van der Waals surface area (Å²) in [4.78, 5) is -0.437. The van der Waals surface area contributed by atoms with Gasteiger partial charge in [-0.3, -0.25) is 0 Å². The molecule has 6 aromatic rings. The molecule has 0 bridgehead atoms. The summed E-state index contributed by atoms with van der Waals surface area (Å²) in [5, 5.41) is 0. The molecular formula is C29H16F8N4S5. The molecule has 0 saturated carbocycles. The number of nitrogens with zero attached hydrogens (tertiary/aromatic N) is 4. The van der Waals surface area contributed by atoms with Crippen LogP contribution in [0.4, 0.5) is 44.0 Å². The number of rotatable bonds is 5. The van der Waals surface area contributed by atoms with Crippen LogP contribution in [0.5, 0.6) is 0 Å². The van der Waals surface area contributed by atoms with Crippen LogP contribution in [-0.4, -0.2) is 8.75 Å². The lowest BCUT2D eigenvalue weighted by molar-refractivity contribution is -0.140. The van der Waals surface area contributed by atoms with Crippen LogP contribution in [0, 0.1) is 13.8 Å². The van der Waals surface area contributed by atoms with Crippen molar-refractivity contribution >= 4 is 78.4 Å². The van der Waals surface area contributed by atoms with Gasteiger partial charge in [-0.05, 0) is 72.5 Å². The van der Waals surface area contributed by atoms with Gasteiger partial charge in [0.1, 0.15) is 27.3 Å². The fourth-order valence-electron chi connectivity index (χ4n) is 5.11. The predicted octanol–water partition coefficient (Wildman–Crippen LogP) is 13.5. The van der Waals surface area contributed by atoms with E-state index in [2.05, 4.69) is 35.7 Å². The van der Waals surface area contributed by atoms with Gasteiger partial charge in [-0.25, -0.2) is 0 Å². The predicted molar refractivity (Wildman–Crippen MR) is 172 cm³/mol. The maximum atomic E-state index is 13.6. The third-order valence-corrected chi connectivity index (χ3v) is 12.0. The molecule has 1 aliphatic heterocycles. The number of hydrogen-bond donors (Lipinski definition) is 0. The first-order chi connectivity index (χ1) is 21.4. The second-order valence-electron chi connectivity index (χ2n) is 10.5. The van der Waals surface area contributed by atoms with Gasteiger partial charge in [0.2, 0.25) is 0 Å². The Balaban J connectivity index is 1.34. The van der Waals surface area contributed by atoms with E-state index in [1.54, 1.807) is 17.4 Å². The maximum Gasteiger partial charge on any atom is 0.417 e. The lowest BCUT2D eigenvalue weighted by atomic mass is 10.0. The molecule has 3 aromatic heterocycles. The van der Waals surface area contributed by atoms with Crippen LogP contribution in [0.1, 0.15) is 16.7 Å². The molecule has 238 valence electrons. The van der Waals surface area contributed by atoms with Crippen molar-refractivity contribution in [3.8, 4) is 41.8 Å². The van der Waals surface area contributed by atoms with E-state index in [9.17, 15) is 32.6 Å². The van der Waals surface area contributed by atoms with Gasteiger partial charge < -0.3 is 0 Å². The molecule has 3 aromatic carbocycles. The van der Waals surface area contributed by atoms with E-state index in [1.807, 2.05) is 26.0 Å². The Morgan fingerprint density at radius 2 is 1.11 bits per heavy atom. The minimum absolute atomic E-state index is 0.107. The summed E-state index contributed by atoms with van der Waals surface area (Å²) in [6, 6.07) is 13.7. The molecule has 17 heteroatoms. The van der Waals surface area contributed by atoms with E-state index < -0.39 is 26.9 Å². The van der Waals surface area contributed by atoms with E-state index in [-0.39, 0.29) is 22.6 Å². The molecule has 1 aliphatic rings. The molecule has 0 amide bonds. The number of benzene rings is 3.